The maximum atomic E-state index is 5.23. The summed E-state index contributed by atoms with van der Waals surface area (Å²) < 4.78 is 2.71. The van der Waals surface area contributed by atoms with Crippen molar-refractivity contribution in [3.63, 3.8) is 0 Å². The topological polar surface area (TPSA) is 46.5 Å². The zero-order chi connectivity index (χ0) is 11.7. The minimum Gasteiger partial charge on any atom is -0.299 e. The third-order valence-corrected chi connectivity index (χ3v) is 3.37. The quantitative estimate of drug-likeness (QED) is 0.856. The van der Waals surface area contributed by atoms with Gasteiger partial charge < -0.3 is 0 Å². The van der Waals surface area contributed by atoms with Crippen LogP contribution in [0.15, 0.2) is 6.20 Å². The molecule has 0 unspecified atom stereocenters. The molecule has 2 aromatic rings. The fourth-order valence-electron chi connectivity index (χ4n) is 1.51. The summed E-state index contributed by atoms with van der Waals surface area (Å²) in [6.07, 6.45) is 1.85. The molecule has 0 spiro atoms. The monoisotopic (exact) mass is 254 g/mol. The lowest BCUT2D eigenvalue weighted by Crippen LogP contribution is -2.05. The first-order chi connectivity index (χ1) is 7.58. The number of rotatable bonds is 3. The van der Waals surface area contributed by atoms with Crippen LogP contribution < -0.4 is 0 Å². The van der Waals surface area contributed by atoms with Gasteiger partial charge >= 0.3 is 0 Å². The van der Waals surface area contributed by atoms with Crippen molar-refractivity contribution < 1.29 is 0 Å². The molecule has 4 nitrogen and oxygen atoms in total. The minimum absolute atomic E-state index is 0.539. The summed E-state index contributed by atoms with van der Waals surface area (Å²) in [4.78, 5) is 5.30. The molecule has 0 aromatic carbocycles. The fourth-order valence-corrected chi connectivity index (χ4v) is 2.49. The number of aryl methyl sites for hydroxylation is 1. The smallest absolute Gasteiger partial charge is 0.195 e. The third-order valence-electron chi connectivity index (χ3n) is 2.15. The zero-order valence-corrected chi connectivity index (χ0v) is 11.2. The number of thiazole rings is 1. The van der Waals surface area contributed by atoms with E-state index in [4.69, 9.17) is 12.2 Å². The zero-order valence-electron chi connectivity index (χ0n) is 9.52. The molecule has 0 atom stereocenters. The van der Waals surface area contributed by atoms with E-state index in [2.05, 4.69) is 29.0 Å². The molecule has 0 aliphatic carbocycles. The van der Waals surface area contributed by atoms with E-state index in [1.54, 1.807) is 11.3 Å². The van der Waals surface area contributed by atoms with Crippen molar-refractivity contribution in [2.75, 3.05) is 0 Å². The Hall–Kier alpha value is -1.01. The van der Waals surface area contributed by atoms with Crippen LogP contribution in [0.1, 0.15) is 18.9 Å². The Labute approximate surface area is 103 Å². The number of H-pyrrole nitrogens is 1. The Morgan fingerprint density at radius 1 is 1.56 bits per heavy atom. The van der Waals surface area contributed by atoms with Crippen LogP contribution in [0.25, 0.3) is 10.7 Å². The predicted octanol–water partition coefficient (Wildman–Crippen LogP) is 3.03. The van der Waals surface area contributed by atoms with Gasteiger partial charge in [0, 0.05) is 12.7 Å². The van der Waals surface area contributed by atoms with E-state index in [1.807, 2.05) is 17.7 Å². The van der Waals surface area contributed by atoms with Gasteiger partial charge in [-0.25, -0.2) is 4.98 Å². The third kappa shape index (κ3) is 2.22. The molecule has 1 N–H and O–H groups in total. The van der Waals surface area contributed by atoms with Gasteiger partial charge in [-0.05, 0) is 25.1 Å². The lowest BCUT2D eigenvalue weighted by atomic mass is 10.2. The molecule has 0 radical (unpaired) electrons. The largest absolute Gasteiger partial charge is 0.299 e. The summed E-state index contributed by atoms with van der Waals surface area (Å²) >= 11 is 6.86. The molecular formula is C10H14N4S2. The lowest BCUT2D eigenvalue weighted by molar-refractivity contribution is 0.522. The molecule has 0 aliphatic heterocycles. The van der Waals surface area contributed by atoms with Gasteiger partial charge in [-0.1, -0.05) is 13.8 Å². The molecule has 2 aromatic heterocycles. The summed E-state index contributed by atoms with van der Waals surface area (Å²) in [7, 11) is 0. The van der Waals surface area contributed by atoms with Gasteiger partial charge in [-0.3, -0.25) is 9.67 Å². The van der Waals surface area contributed by atoms with E-state index in [1.165, 1.54) is 0 Å². The Morgan fingerprint density at radius 3 is 2.88 bits per heavy atom. The SMILES string of the molecule is Cc1ncc(-c2n[nH]c(=S)n2CC(C)C)s1. The van der Waals surface area contributed by atoms with Crippen molar-refractivity contribution in [3.05, 3.63) is 16.0 Å². The number of aromatic nitrogens is 4. The highest BCUT2D eigenvalue weighted by Gasteiger charge is 2.12. The second-order valence-electron chi connectivity index (χ2n) is 4.10. The lowest BCUT2D eigenvalue weighted by Gasteiger charge is -2.07. The summed E-state index contributed by atoms with van der Waals surface area (Å²) in [6, 6.07) is 0. The van der Waals surface area contributed by atoms with Crippen LogP contribution in [0.5, 0.6) is 0 Å². The Bertz CT molecular complexity index is 535. The van der Waals surface area contributed by atoms with Gasteiger partial charge in [0.1, 0.15) is 0 Å². The predicted molar refractivity (Wildman–Crippen MR) is 68.1 cm³/mol. The molecule has 0 bridgehead atoms. The standard InChI is InChI=1S/C10H14N4S2/c1-6(2)5-14-9(12-13-10(14)15)8-4-11-7(3)16-8/h4,6H,5H2,1-3H3,(H,13,15). The second kappa shape index (κ2) is 4.47. The van der Waals surface area contributed by atoms with E-state index >= 15 is 0 Å². The number of nitrogens with one attached hydrogen (secondary N) is 1. The molecule has 2 rings (SSSR count). The highest BCUT2D eigenvalue weighted by Crippen LogP contribution is 2.24. The first kappa shape index (κ1) is 11.5. The number of nitrogens with zero attached hydrogens (tertiary/aromatic N) is 3. The van der Waals surface area contributed by atoms with Gasteiger partial charge in [0.2, 0.25) is 0 Å². The summed E-state index contributed by atoms with van der Waals surface area (Å²) in [5.41, 5.74) is 0. The molecule has 2 heterocycles. The van der Waals surface area contributed by atoms with Crippen LogP contribution in [0.2, 0.25) is 0 Å². The Morgan fingerprint density at radius 2 is 2.31 bits per heavy atom. The summed E-state index contributed by atoms with van der Waals surface area (Å²) in [6.45, 7) is 7.19. The van der Waals surface area contributed by atoms with Crippen LogP contribution in [0.4, 0.5) is 0 Å². The van der Waals surface area contributed by atoms with Crippen molar-refractivity contribution in [3.8, 4) is 10.7 Å². The van der Waals surface area contributed by atoms with Crippen molar-refractivity contribution in [1.82, 2.24) is 19.7 Å². The van der Waals surface area contributed by atoms with Crippen molar-refractivity contribution in [2.45, 2.75) is 27.3 Å². The molecule has 16 heavy (non-hydrogen) atoms. The molecular weight excluding hydrogens is 240 g/mol. The maximum Gasteiger partial charge on any atom is 0.195 e. The molecule has 0 saturated heterocycles. The first-order valence-electron chi connectivity index (χ1n) is 5.16. The number of hydrogen-bond acceptors (Lipinski definition) is 4. The van der Waals surface area contributed by atoms with E-state index in [9.17, 15) is 0 Å². The average Bonchev–Trinajstić information content (AvgIpc) is 2.75. The molecule has 6 heteroatoms. The van der Waals surface area contributed by atoms with Crippen molar-refractivity contribution >= 4 is 23.6 Å². The Balaban J connectivity index is 2.45. The molecule has 0 fully saturated rings. The second-order valence-corrected chi connectivity index (χ2v) is 5.72. The van der Waals surface area contributed by atoms with Gasteiger partial charge in [-0.15, -0.1) is 11.3 Å². The first-order valence-corrected chi connectivity index (χ1v) is 6.38. The van der Waals surface area contributed by atoms with Gasteiger partial charge in [-0.2, -0.15) is 5.10 Å². The molecule has 86 valence electrons. The molecule has 0 amide bonds. The van der Waals surface area contributed by atoms with Gasteiger partial charge in [0.25, 0.3) is 0 Å². The van der Waals surface area contributed by atoms with Gasteiger partial charge in [0.05, 0.1) is 9.88 Å². The molecule has 0 saturated carbocycles. The summed E-state index contributed by atoms with van der Waals surface area (Å²) in [5, 5.41) is 8.16. The Kier molecular flexibility index (Phi) is 3.20. The fraction of sp³-hybridized carbons (Fsp3) is 0.500. The van der Waals surface area contributed by atoms with E-state index in [0.717, 1.165) is 22.3 Å². The maximum absolute atomic E-state index is 5.23. The van der Waals surface area contributed by atoms with Gasteiger partial charge in [0.15, 0.2) is 10.6 Å². The minimum atomic E-state index is 0.539. The van der Waals surface area contributed by atoms with Crippen LogP contribution in [-0.4, -0.2) is 19.7 Å². The van der Waals surface area contributed by atoms with E-state index in [-0.39, 0.29) is 0 Å². The van der Waals surface area contributed by atoms with E-state index in [0.29, 0.717) is 10.7 Å². The molecule has 0 aliphatic rings. The number of aromatic amines is 1. The highest BCUT2D eigenvalue weighted by molar-refractivity contribution is 7.71. The van der Waals surface area contributed by atoms with E-state index < -0.39 is 0 Å². The normalized spacial score (nSPS) is 11.2. The van der Waals surface area contributed by atoms with Crippen LogP contribution in [0.3, 0.4) is 0 Å². The highest BCUT2D eigenvalue weighted by atomic mass is 32.1. The van der Waals surface area contributed by atoms with Crippen LogP contribution >= 0.6 is 23.6 Å². The van der Waals surface area contributed by atoms with Crippen molar-refractivity contribution in [1.29, 1.82) is 0 Å². The average molecular weight is 254 g/mol. The summed E-state index contributed by atoms with van der Waals surface area (Å²) in [5.74, 6) is 1.43. The van der Waals surface area contributed by atoms with Crippen LogP contribution in [0, 0.1) is 17.6 Å². The van der Waals surface area contributed by atoms with Crippen molar-refractivity contribution in [2.24, 2.45) is 5.92 Å². The van der Waals surface area contributed by atoms with Crippen LogP contribution in [-0.2, 0) is 6.54 Å². The number of hydrogen-bond donors (Lipinski definition) is 1.